The molecule has 2 rings (SSSR count). The molecule has 10 heteroatoms. The third kappa shape index (κ3) is 7.92. The van der Waals surface area contributed by atoms with Gasteiger partial charge in [0.05, 0.1) is 0 Å². The van der Waals surface area contributed by atoms with Crippen molar-refractivity contribution in [1.29, 1.82) is 0 Å². The molecule has 0 radical (unpaired) electrons. The van der Waals surface area contributed by atoms with Crippen LogP contribution >= 0.6 is 0 Å². The fourth-order valence-corrected chi connectivity index (χ4v) is 2.61. The summed E-state index contributed by atoms with van der Waals surface area (Å²) in [6.07, 6.45) is 7.47. The molecule has 1 atom stereocenters. The van der Waals surface area contributed by atoms with Crippen LogP contribution < -0.4 is 10.6 Å². The number of hydrogen-bond donors (Lipinski definition) is 2. The van der Waals surface area contributed by atoms with Crippen LogP contribution in [0.4, 0.5) is 18.9 Å². The summed E-state index contributed by atoms with van der Waals surface area (Å²) < 4.78 is 39.2. The molecule has 1 aromatic heterocycles. The van der Waals surface area contributed by atoms with Crippen LogP contribution in [0.1, 0.15) is 6.42 Å². The first-order chi connectivity index (χ1) is 14.8. The van der Waals surface area contributed by atoms with E-state index < -0.39 is 18.8 Å². The minimum atomic E-state index is -4.41. The third-order valence-electron chi connectivity index (χ3n) is 3.91. The summed E-state index contributed by atoms with van der Waals surface area (Å²) in [6.45, 7) is 2.37. The molecule has 1 aromatic carbocycles. The molecule has 0 aliphatic carbocycles. The van der Waals surface area contributed by atoms with Crippen molar-refractivity contribution in [1.82, 2.24) is 20.1 Å². The van der Waals surface area contributed by atoms with Crippen molar-refractivity contribution in [3.8, 4) is 11.4 Å². The lowest BCUT2D eigenvalue weighted by molar-refractivity contribution is -0.140. The molecule has 0 fully saturated rings. The van der Waals surface area contributed by atoms with Crippen LogP contribution in [-0.2, 0) is 11.3 Å². The Morgan fingerprint density at radius 3 is 2.87 bits per heavy atom. The van der Waals surface area contributed by atoms with Crippen molar-refractivity contribution in [2.24, 2.45) is 4.99 Å². The van der Waals surface area contributed by atoms with Crippen LogP contribution in [0.2, 0.25) is 0 Å². The summed E-state index contributed by atoms with van der Waals surface area (Å²) in [5.74, 6) is -0.305. The Bertz CT molecular complexity index is 962. The van der Waals surface area contributed by atoms with E-state index in [2.05, 4.69) is 32.4 Å². The maximum Gasteiger partial charge on any atom is 0.406 e. The number of amides is 1. The number of aromatic nitrogens is 3. The second-order valence-electron chi connectivity index (χ2n) is 6.32. The lowest BCUT2D eigenvalue weighted by Crippen LogP contribution is -2.36. The Balaban J connectivity index is 2.12. The van der Waals surface area contributed by atoms with Crippen molar-refractivity contribution in [3.05, 3.63) is 67.7 Å². The molecule has 1 unspecified atom stereocenters. The average Bonchev–Trinajstić information content (AvgIpc) is 3.16. The number of hydrogen-bond acceptors (Lipinski definition) is 5. The molecule has 1 heterocycles. The summed E-state index contributed by atoms with van der Waals surface area (Å²) >= 11 is 0. The molecule has 0 bridgehead atoms. The first-order valence-electron chi connectivity index (χ1n) is 9.31. The standard InChI is InChI=1S/C21H23F3N6O/c1-3-26-18(11-6-4-5-7-12-25-2)20(31)28-17-10-8-9-16(13-17)19-29-27-15-30(19)14-21(22,23)24/h3,5-13,15,18,26H,1,4,14H2,2H3,(H,28,31)/b7-5-,11-6+,25-12?. The molecule has 0 spiro atoms. The van der Waals surface area contributed by atoms with E-state index in [9.17, 15) is 18.0 Å². The summed E-state index contributed by atoms with van der Waals surface area (Å²) in [5, 5.41) is 12.9. The van der Waals surface area contributed by atoms with Gasteiger partial charge in [-0.15, -0.1) is 10.2 Å². The van der Waals surface area contributed by atoms with Crippen LogP contribution in [-0.4, -0.2) is 46.2 Å². The molecule has 1 amide bonds. The lowest BCUT2D eigenvalue weighted by Gasteiger charge is -2.14. The highest BCUT2D eigenvalue weighted by atomic mass is 19.4. The molecular weight excluding hydrogens is 409 g/mol. The zero-order valence-electron chi connectivity index (χ0n) is 16.9. The fourth-order valence-electron chi connectivity index (χ4n) is 2.61. The monoisotopic (exact) mass is 432 g/mol. The van der Waals surface area contributed by atoms with Crippen molar-refractivity contribution >= 4 is 17.8 Å². The molecule has 0 aliphatic rings. The maximum atomic E-state index is 12.8. The largest absolute Gasteiger partial charge is 0.406 e. The van der Waals surface area contributed by atoms with E-state index in [-0.39, 0.29) is 11.7 Å². The van der Waals surface area contributed by atoms with Gasteiger partial charge in [-0.3, -0.25) is 9.79 Å². The number of rotatable bonds is 10. The number of carbonyl (C=O) groups excluding carboxylic acids is 1. The van der Waals surface area contributed by atoms with E-state index >= 15 is 0 Å². The van der Waals surface area contributed by atoms with Crippen LogP contribution in [0.3, 0.4) is 0 Å². The molecule has 0 aliphatic heterocycles. The van der Waals surface area contributed by atoms with E-state index in [0.717, 1.165) is 10.9 Å². The minimum Gasteiger partial charge on any atom is -0.377 e. The Morgan fingerprint density at radius 1 is 1.35 bits per heavy atom. The predicted octanol–water partition coefficient (Wildman–Crippen LogP) is 3.75. The van der Waals surface area contributed by atoms with Crippen LogP contribution in [0.25, 0.3) is 11.4 Å². The number of anilines is 1. The summed E-state index contributed by atoms with van der Waals surface area (Å²) in [6, 6.07) is 5.70. The van der Waals surface area contributed by atoms with E-state index in [1.165, 1.54) is 12.3 Å². The highest BCUT2D eigenvalue weighted by molar-refractivity contribution is 5.96. The number of halogens is 3. The van der Waals surface area contributed by atoms with E-state index in [4.69, 9.17) is 0 Å². The Labute approximate surface area is 178 Å². The molecule has 0 saturated heterocycles. The van der Waals surface area contributed by atoms with Gasteiger partial charge in [-0.05, 0) is 30.8 Å². The van der Waals surface area contributed by atoms with Crippen molar-refractivity contribution in [2.75, 3.05) is 12.4 Å². The summed E-state index contributed by atoms with van der Waals surface area (Å²) in [4.78, 5) is 16.5. The molecule has 2 N–H and O–H groups in total. The smallest absolute Gasteiger partial charge is 0.377 e. The zero-order valence-corrected chi connectivity index (χ0v) is 16.9. The quantitative estimate of drug-likeness (QED) is 0.442. The van der Waals surface area contributed by atoms with Crippen LogP contribution in [0.15, 0.2) is 72.7 Å². The van der Waals surface area contributed by atoms with E-state index in [0.29, 0.717) is 17.7 Å². The highest BCUT2D eigenvalue weighted by Crippen LogP contribution is 2.24. The Kier molecular flexibility index (Phi) is 8.74. The molecule has 7 nitrogen and oxygen atoms in total. The van der Waals surface area contributed by atoms with Crippen molar-refractivity contribution in [3.63, 3.8) is 0 Å². The predicted molar refractivity (Wildman–Crippen MR) is 115 cm³/mol. The Hall–Kier alpha value is -3.69. The van der Waals surface area contributed by atoms with Gasteiger partial charge in [0, 0.05) is 24.5 Å². The first kappa shape index (κ1) is 23.6. The van der Waals surface area contributed by atoms with Gasteiger partial charge in [0.2, 0.25) is 0 Å². The third-order valence-corrected chi connectivity index (χ3v) is 3.91. The van der Waals surface area contributed by atoms with Gasteiger partial charge in [-0.25, -0.2) is 0 Å². The van der Waals surface area contributed by atoms with Gasteiger partial charge in [0.15, 0.2) is 5.82 Å². The van der Waals surface area contributed by atoms with Gasteiger partial charge in [0.25, 0.3) is 5.91 Å². The van der Waals surface area contributed by atoms with Gasteiger partial charge >= 0.3 is 6.18 Å². The topological polar surface area (TPSA) is 84.2 Å². The van der Waals surface area contributed by atoms with Crippen LogP contribution in [0, 0.1) is 0 Å². The number of carbonyl (C=O) groups is 1. The Morgan fingerprint density at radius 2 is 2.16 bits per heavy atom. The number of allylic oxidation sites excluding steroid dienone is 3. The molecule has 164 valence electrons. The summed E-state index contributed by atoms with van der Waals surface area (Å²) in [7, 11) is 1.67. The summed E-state index contributed by atoms with van der Waals surface area (Å²) in [5.41, 5.74) is 0.804. The number of benzene rings is 1. The number of nitrogens with zero attached hydrogens (tertiary/aromatic N) is 4. The van der Waals surface area contributed by atoms with E-state index in [1.807, 2.05) is 12.2 Å². The molecule has 0 saturated carbocycles. The second kappa shape index (κ2) is 11.5. The normalized spacial score (nSPS) is 13.2. The number of alkyl halides is 3. The van der Waals surface area contributed by atoms with Gasteiger partial charge in [-0.2, -0.15) is 13.2 Å². The average molecular weight is 432 g/mol. The number of nitrogens with one attached hydrogen (secondary N) is 2. The second-order valence-corrected chi connectivity index (χ2v) is 6.32. The van der Waals surface area contributed by atoms with Crippen LogP contribution in [0.5, 0.6) is 0 Å². The number of aliphatic imine (C=N–C) groups is 1. The van der Waals surface area contributed by atoms with E-state index in [1.54, 1.807) is 43.6 Å². The molecule has 31 heavy (non-hydrogen) atoms. The zero-order chi connectivity index (χ0) is 22.7. The van der Waals surface area contributed by atoms with Gasteiger partial charge in [0.1, 0.15) is 18.9 Å². The lowest BCUT2D eigenvalue weighted by atomic mass is 10.1. The van der Waals surface area contributed by atoms with Crippen molar-refractivity contribution < 1.29 is 18.0 Å². The molecule has 2 aromatic rings. The fraction of sp³-hybridized carbons (Fsp3) is 0.238. The van der Waals surface area contributed by atoms with Crippen molar-refractivity contribution in [2.45, 2.75) is 25.2 Å². The van der Waals surface area contributed by atoms with Gasteiger partial charge < -0.3 is 15.2 Å². The van der Waals surface area contributed by atoms with Gasteiger partial charge in [-0.1, -0.05) is 36.9 Å². The maximum absolute atomic E-state index is 12.8. The minimum absolute atomic E-state index is 0.0523. The molecular formula is C21H23F3N6O. The highest BCUT2D eigenvalue weighted by Gasteiger charge is 2.29. The SMILES string of the molecule is C=CNC(/C=C/C/C=C\C=NC)C(=O)Nc1cccc(-c2nncn2CC(F)(F)F)c1. The first-order valence-corrected chi connectivity index (χ1v) is 9.31.